The van der Waals surface area contributed by atoms with Crippen LogP contribution >= 0.6 is 11.8 Å². The van der Waals surface area contributed by atoms with E-state index < -0.39 is 0 Å². The molecule has 0 atom stereocenters. The maximum atomic E-state index is 14.1. The molecular formula is C25H28FN5O3S. The summed E-state index contributed by atoms with van der Waals surface area (Å²) >= 11 is 1.31. The van der Waals surface area contributed by atoms with Crippen molar-refractivity contribution in [1.29, 1.82) is 0 Å². The number of benzene rings is 1. The Kier molecular flexibility index (Phi) is 7.48. The number of rotatable bonds is 8. The minimum absolute atomic E-state index is 0.0266. The van der Waals surface area contributed by atoms with Crippen LogP contribution in [0.1, 0.15) is 31.4 Å². The molecule has 2 aliphatic rings. The van der Waals surface area contributed by atoms with Gasteiger partial charge in [0.2, 0.25) is 11.9 Å². The van der Waals surface area contributed by atoms with Gasteiger partial charge in [-0.15, -0.1) is 10.2 Å². The summed E-state index contributed by atoms with van der Waals surface area (Å²) in [6, 6.07) is 10.0. The first-order valence-electron chi connectivity index (χ1n) is 11.9. The fraction of sp³-hybridized carbons (Fsp3) is 0.400. The summed E-state index contributed by atoms with van der Waals surface area (Å²) in [5, 5.41) is 9.33. The molecule has 1 aliphatic heterocycles. The predicted octanol–water partition coefficient (Wildman–Crippen LogP) is 4.41. The van der Waals surface area contributed by atoms with Crippen molar-refractivity contribution in [2.75, 3.05) is 37.0 Å². The van der Waals surface area contributed by atoms with Crippen molar-refractivity contribution in [2.45, 2.75) is 37.4 Å². The van der Waals surface area contributed by atoms with Gasteiger partial charge in [-0.25, -0.2) is 4.39 Å². The van der Waals surface area contributed by atoms with E-state index in [1.165, 1.54) is 23.9 Å². The van der Waals surface area contributed by atoms with Crippen LogP contribution in [0.4, 0.5) is 10.3 Å². The number of morpholine rings is 1. The molecule has 1 fully saturated rings. The Bertz CT molecular complexity index is 1170. The molecular weight excluding hydrogens is 469 g/mol. The third-order valence-corrected chi connectivity index (χ3v) is 7.02. The van der Waals surface area contributed by atoms with Gasteiger partial charge in [0.05, 0.1) is 37.5 Å². The van der Waals surface area contributed by atoms with E-state index in [0.717, 1.165) is 37.1 Å². The van der Waals surface area contributed by atoms with Gasteiger partial charge in [-0.1, -0.05) is 23.9 Å². The van der Waals surface area contributed by atoms with E-state index in [1.54, 1.807) is 12.3 Å². The number of amides is 1. The molecule has 2 aromatic heterocycles. The fourth-order valence-corrected chi connectivity index (χ4v) is 5.17. The number of hydrogen-bond donors (Lipinski definition) is 0. The van der Waals surface area contributed by atoms with E-state index in [2.05, 4.69) is 21.2 Å². The molecule has 1 aliphatic carbocycles. The predicted molar refractivity (Wildman–Crippen MR) is 131 cm³/mol. The molecule has 0 bridgehead atoms. The number of furan rings is 1. The van der Waals surface area contributed by atoms with Crippen molar-refractivity contribution in [2.24, 2.45) is 0 Å². The quantitative estimate of drug-likeness (QED) is 0.427. The molecule has 0 saturated carbocycles. The van der Waals surface area contributed by atoms with Crippen LogP contribution in [0.3, 0.4) is 0 Å². The Morgan fingerprint density at radius 2 is 2.03 bits per heavy atom. The van der Waals surface area contributed by atoms with E-state index in [4.69, 9.17) is 9.15 Å². The minimum atomic E-state index is -0.343. The van der Waals surface area contributed by atoms with Crippen LogP contribution in [-0.2, 0) is 16.1 Å². The summed E-state index contributed by atoms with van der Waals surface area (Å²) in [6.07, 6.45) is 7.83. The van der Waals surface area contributed by atoms with E-state index >= 15 is 0 Å². The molecule has 10 heteroatoms. The molecule has 8 nitrogen and oxygen atoms in total. The average molecular weight is 498 g/mol. The molecule has 1 saturated heterocycles. The summed E-state index contributed by atoms with van der Waals surface area (Å²) in [4.78, 5) is 17.3. The SMILES string of the molecule is O=C(CSc1nnc(N2CCOCC2)n1-c1cccc(F)c1)N(Cc1ccco1)C1=CCCCC1. The highest BCUT2D eigenvalue weighted by Gasteiger charge is 2.25. The number of carbonyl (C=O) groups is 1. The van der Waals surface area contributed by atoms with Crippen molar-refractivity contribution in [3.8, 4) is 5.69 Å². The second-order valence-electron chi connectivity index (χ2n) is 8.49. The van der Waals surface area contributed by atoms with E-state index in [-0.39, 0.29) is 17.5 Å². The number of aromatic nitrogens is 3. The third-order valence-electron chi connectivity index (χ3n) is 6.11. The van der Waals surface area contributed by atoms with E-state index in [0.29, 0.717) is 49.6 Å². The Balaban J connectivity index is 1.39. The number of halogens is 1. The van der Waals surface area contributed by atoms with Crippen LogP contribution in [-0.4, -0.2) is 57.6 Å². The number of nitrogens with zero attached hydrogens (tertiary/aromatic N) is 5. The van der Waals surface area contributed by atoms with Crippen molar-refractivity contribution in [3.05, 3.63) is 66.0 Å². The lowest BCUT2D eigenvalue weighted by atomic mass is 10.0. The Labute approximate surface area is 207 Å². The lowest BCUT2D eigenvalue weighted by Gasteiger charge is -2.28. The van der Waals surface area contributed by atoms with Crippen molar-refractivity contribution in [3.63, 3.8) is 0 Å². The number of anilines is 1. The molecule has 1 aromatic carbocycles. The van der Waals surface area contributed by atoms with Crippen LogP contribution in [0, 0.1) is 5.82 Å². The first-order chi connectivity index (χ1) is 17.2. The van der Waals surface area contributed by atoms with Crippen LogP contribution in [0.25, 0.3) is 5.69 Å². The largest absolute Gasteiger partial charge is 0.467 e. The highest BCUT2D eigenvalue weighted by molar-refractivity contribution is 7.99. The summed E-state index contributed by atoms with van der Waals surface area (Å²) in [7, 11) is 0. The van der Waals surface area contributed by atoms with Crippen molar-refractivity contribution < 1.29 is 18.3 Å². The number of hydrogen-bond acceptors (Lipinski definition) is 7. The Morgan fingerprint density at radius 1 is 1.14 bits per heavy atom. The molecule has 0 radical (unpaired) electrons. The highest BCUT2D eigenvalue weighted by atomic mass is 32.2. The highest BCUT2D eigenvalue weighted by Crippen LogP contribution is 2.29. The number of thioether (sulfide) groups is 1. The van der Waals surface area contributed by atoms with Gasteiger partial charge in [-0.2, -0.15) is 0 Å². The van der Waals surface area contributed by atoms with E-state index in [9.17, 15) is 9.18 Å². The number of carbonyl (C=O) groups excluding carboxylic acids is 1. The zero-order valence-electron chi connectivity index (χ0n) is 19.4. The summed E-state index contributed by atoms with van der Waals surface area (Å²) in [6.45, 7) is 2.92. The second-order valence-corrected chi connectivity index (χ2v) is 9.43. The van der Waals surface area contributed by atoms with Crippen LogP contribution in [0.15, 0.2) is 64.0 Å². The first kappa shape index (κ1) is 23.6. The van der Waals surface area contributed by atoms with E-state index in [1.807, 2.05) is 27.7 Å². The first-order valence-corrected chi connectivity index (χ1v) is 12.9. The molecule has 3 heterocycles. The number of allylic oxidation sites excluding steroid dienone is 2. The smallest absolute Gasteiger partial charge is 0.237 e. The Morgan fingerprint density at radius 3 is 2.77 bits per heavy atom. The fourth-order valence-electron chi connectivity index (χ4n) is 4.34. The van der Waals surface area contributed by atoms with Gasteiger partial charge in [0.25, 0.3) is 0 Å². The topological polar surface area (TPSA) is 76.6 Å². The van der Waals surface area contributed by atoms with Crippen LogP contribution in [0.5, 0.6) is 0 Å². The Hall–Kier alpha value is -3.11. The maximum absolute atomic E-state index is 14.1. The van der Waals surface area contributed by atoms with Gasteiger partial charge < -0.3 is 19.0 Å². The zero-order valence-corrected chi connectivity index (χ0v) is 20.3. The monoisotopic (exact) mass is 497 g/mol. The summed E-state index contributed by atoms with van der Waals surface area (Å²) < 4.78 is 26.9. The minimum Gasteiger partial charge on any atom is -0.467 e. The van der Waals surface area contributed by atoms with Crippen LogP contribution < -0.4 is 4.90 Å². The molecule has 35 heavy (non-hydrogen) atoms. The molecule has 0 spiro atoms. The van der Waals surface area contributed by atoms with Gasteiger partial charge in [0.1, 0.15) is 11.6 Å². The third kappa shape index (κ3) is 5.59. The second kappa shape index (κ2) is 11.1. The zero-order chi connectivity index (χ0) is 24.0. The lowest BCUT2D eigenvalue weighted by Crippen LogP contribution is -2.38. The van der Waals surface area contributed by atoms with Crippen LogP contribution in [0.2, 0.25) is 0 Å². The van der Waals surface area contributed by atoms with Gasteiger partial charge in [-0.3, -0.25) is 9.36 Å². The summed E-state index contributed by atoms with van der Waals surface area (Å²) in [5.41, 5.74) is 1.66. The molecule has 3 aromatic rings. The molecule has 184 valence electrons. The van der Waals surface area contributed by atoms with Gasteiger partial charge >= 0.3 is 0 Å². The average Bonchev–Trinajstić information content (AvgIpc) is 3.57. The lowest BCUT2D eigenvalue weighted by molar-refractivity contribution is -0.127. The molecule has 0 unspecified atom stereocenters. The van der Waals surface area contributed by atoms with Crippen molar-refractivity contribution in [1.82, 2.24) is 19.7 Å². The molecule has 0 N–H and O–H groups in total. The van der Waals surface area contributed by atoms with Crippen molar-refractivity contribution >= 4 is 23.6 Å². The number of ether oxygens (including phenoxy) is 1. The maximum Gasteiger partial charge on any atom is 0.237 e. The van der Waals surface area contributed by atoms with Gasteiger partial charge in [-0.05, 0) is 56.0 Å². The van der Waals surface area contributed by atoms with Gasteiger partial charge in [0, 0.05) is 18.8 Å². The molecule has 5 rings (SSSR count). The standard InChI is InChI=1S/C25H28FN5O3S/c26-19-6-4-9-21(16-19)31-24(29-11-14-33-15-12-29)27-28-25(31)35-18-23(32)30(17-22-10-5-13-34-22)20-7-2-1-3-8-20/h4-7,9-10,13,16H,1-3,8,11-12,14-15,17-18H2. The molecule has 1 amide bonds. The summed E-state index contributed by atoms with van der Waals surface area (Å²) in [5.74, 6) is 1.17. The van der Waals surface area contributed by atoms with Gasteiger partial charge in [0.15, 0.2) is 5.16 Å². The normalized spacial score (nSPS) is 16.3.